The average molecular weight is 382 g/mol. The van der Waals surface area contributed by atoms with Crippen LogP contribution in [0.1, 0.15) is 21.5 Å². The van der Waals surface area contributed by atoms with Gasteiger partial charge in [-0.3, -0.25) is 9.80 Å². The number of ether oxygens (including phenoxy) is 2. The normalized spacial score (nSPS) is 23.2. The van der Waals surface area contributed by atoms with E-state index in [9.17, 15) is 4.79 Å². The largest absolute Gasteiger partial charge is 0.465 e. The van der Waals surface area contributed by atoms with E-state index in [0.29, 0.717) is 17.5 Å². The molecule has 4 rings (SSSR count). The molecule has 0 unspecified atom stereocenters. The zero-order valence-electron chi connectivity index (χ0n) is 16.2. The summed E-state index contributed by atoms with van der Waals surface area (Å²) >= 11 is 0. The maximum absolute atomic E-state index is 11.6. The summed E-state index contributed by atoms with van der Waals surface area (Å²) in [5.41, 5.74) is 2.93. The second-order valence-corrected chi connectivity index (χ2v) is 7.62. The number of benzene rings is 1. The molecule has 28 heavy (non-hydrogen) atoms. The van der Waals surface area contributed by atoms with Crippen LogP contribution in [0.2, 0.25) is 0 Å². The van der Waals surface area contributed by atoms with Crippen molar-refractivity contribution in [3.8, 4) is 0 Å². The van der Waals surface area contributed by atoms with Crippen molar-refractivity contribution in [2.45, 2.75) is 19.1 Å². The zero-order valence-corrected chi connectivity index (χ0v) is 16.2. The van der Waals surface area contributed by atoms with E-state index in [1.54, 1.807) is 6.33 Å². The number of carbonyl (C=O) groups is 1. The smallest absolute Gasteiger partial charge is 0.337 e. The van der Waals surface area contributed by atoms with Crippen LogP contribution in [0.3, 0.4) is 0 Å². The number of carbonyl (C=O) groups excluding carboxylic acids is 1. The Labute approximate surface area is 165 Å². The van der Waals surface area contributed by atoms with Crippen LogP contribution in [0.4, 0.5) is 0 Å². The van der Waals surface area contributed by atoms with Crippen molar-refractivity contribution in [1.29, 1.82) is 0 Å². The third-order valence-corrected chi connectivity index (χ3v) is 5.44. The van der Waals surface area contributed by atoms with Gasteiger partial charge in [-0.25, -0.2) is 14.8 Å². The molecule has 0 saturated carbocycles. The molecule has 2 saturated heterocycles. The van der Waals surface area contributed by atoms with Crippen LogP contribution in [0.5, 0.6) is 0 Å². The predicted octanol–water partition coefficient (Wildman–Crippen LogP) is 1.60. The number of methoxy groups -OCH3 is 1. The highest BCUT2D eigenvalue weighted by Gasteiger charge is 2.33. The van der Waals surface area contributed by atoms with Crippen molar-refractivity contribution < 1.29 is 14.3 Å². The molecule has 2 aliphatic rings. The predicted molar refractivity (Wildman–Crippen MR) is 104 cm³/mol. The SMILES string of the molecule is COC(=O)c1ccc(CN2C[C@@H]3COC[C@H](C2)N(Cc2cncnc2)C3)cc1. The van der Waals surface area contributed by atoms with Gasteiger partial charge in [-0.05, 0) is 17.7 Å². The monoisotopic (exact) mass is 382 g/mol. The molecule has 2 bridgehead atoms. The maximum atomic E-state index is 11.6. The van der Waals surface area contributed by atoms with Gasteiger partial charge in [-0.1, -0.05) is 12.1 Å². The molecule has 7 heteroatoms. The van der Waals surface area contributed by atoms with Crippen LogP contribution in [0.15, 0.2) is 43.0 Å². The first-order chi connectivity index (χ1) is 13.7. The Morgan fingerprint density at radius 2 is 1.86 bits per heavy atom. The molecule has 3 heterocycles. The Morgan fingerprint density at radius 1 is 1.07 bits per heavy atom. The van der Waals surface area contributed by atoms with Gasteiger partial charge in [0.15, 0.2) is 0 Å². The molecule has 148 valence electrons. The maximum Gasteiger partial charge on any atom is 0.337 e. The fourth-order valence-electron chi connectivity index (χ4n) is 4.12. The van der Waals surface area contributed by atoms with Crippen molar-refractivity contribution in [3.05, 3.63) is 59.7 Å². The molecule has 1 aromatic carbocycles. The second-order valence-electron chi connectivity index (χ2n) is 7.62. The lowest BCUT2D eigenvalue weighted by atomic mass is 10.1. The summed E-state index contributed by atoms with van der Waals surface area (Å²) in [7, 11) is 1.40. The Hall–Kier alpha value is -2.35. The van der Waals surface area contributed by atoms with Gasteiger partial charge in [0.1, 0.15) is 6.33 Å². The van der Waals surface area contributed by atoms with E-state index in [1.807, 2.05) is 36.7 Å². The molecular weight excluding hydrogens is 356 g/mol. The first kappa shape index (κ1) is 19.0. The Kier molecular flexibility index (Phi) is 5.95. The van der Waals surface area contributed by atoms with Crippen molar-refractivity contribution in [1.82, 2.24) is 19.8 Å². The quantitative estimate of drug-likeness (QED) is 0.728. The third kappa shape index (κ3) is 4.55. The van der Waals surface area contributed by atoms with Crippen molar-refractivity contribution >= 4 is 5.97 Å². The van der Waals surface area contributed by atoms with Crippen molar-refractivity contribution in [2.24, 2.45) is 5.92 Å². The third-order valence-electron chi connectivity index (χ3n) is 5.44. The number of nitrogens with zero attached hydrogens (tertiary/aromatic N) is 4. The number of rotatable bonds is 5. The summed E-state index contributed by atoms with van der Waals surface area (Å²) in [5.74, 6) is 0.181. The molecule has 0 N–H and O–H groups in total. The van der Waals surface area contributed by atoms with Gasteiger partial charge in [0.25, 0.3) is 0 Å². The molecule has 0 amide bonds. The van der Waals surface area contributed by atoms with E-state index in [1.165, 1.54) is 12.7 Å². The Morgan fingerprint density at radius 3 is 2.61 bits per heavy atom. The molecule has 1 aromatic heterocycles. The number of esters is 1. The van der Waals surface area contributed by atoms with Crippen LogP contribution in [0.25, 0.3) is 0 Å². The summed E-state index contributed by atoms with van der Waals surface area (Å²) in [6.07, 6.45) is 5.35. The molecule has 0 radical (unpaired) electrons. The fourth-order valence-corrected chi connectivity index (χ4v) is 4.12. The summed E-state index contributed by atoms with van der Waals surface area (Å²) in [4.78, 5) is 24.9. The molecule has 0 aliphatic carbocycles. The minimum absolute atomic E-state index is 0.298. The molecule has 2 aromatic rings. The zero-order chi connectivity index (χ0) is 19.3. The lowest BCUT2D eigenvalue weighted by molar-refractivity contribution is 0.0470. The molecule has 7 nitrogen and oxygen atoms in total. The lowest BCUT2D eigenvalue weighted by Gasteiger charge is -2.31. The van der Waals surface area contributed by atoms with Crippen LogP contribution >= 0.6 is 0 Å². The first-order valence-electron chi connectivity index (χ1n) is 9.66. The van der Waals surface area contributed by atoms with E-state index in [4.69, 9.17) is 9.47 Å². The van der Waals surface area contributed by atoms with Gasteiger partial charge >= 0.3 is 5.97 Å². The van der Waals surface area contributed by atoms with Gasteiger partial charge < -0.3 is 9.47 Å². The van der Waals surface area contributed by atoms with Crippen LogP contribution in [-0.2, 0) is 22.6 Å². The average Bonchev–Trinajstić information content (AvgIpc) is 2.98. The number of hydrogen-bond donors (Lipinski definition) is 0. The summed E-state index contributed by atoms with van der Waals surface area (Å²) < 4.78 is 10.7. The van der Waals surface area contributed by atoms with E-state index in [0.717, 1.165) is 51.5 Å². The molecule has 2 fully saturated rings. The highest BCUT2D eigenvalue weighted by molar-refractivity contribution is 5.89. The molecule has 2 aliphatic heterocycles. The van der Waals surface area contributed by atoms with Gasteiger partial charge in [-0.15, -0.1) is 0 Å². The minimum Gasteiger partial charge on any atom is -0.465 e. The van der Waals surface area contributed by atoms with E-state index < -0.39 is 0 Å². The standard InChI is InChI=1S/C21H26N4O3/c1-27-21(26)19-4-2-16(3-5-19)8-24-9-18-11-25(20(12-24)14-28-13-18)10-17-6-22-15-23-7-17/h2-7,15,18,20H,8-14H2,1H3/t18-,20-/m0/s1. The number of hydrogen-bond acceptors (Lipinski definition) is 7. The minimum atomic E-state index is -0.298. The van der Waals surface area contributed by atoms with Gasteiger partial charge in [0, 0.05) is 62.6 Å². The van der Waals surface area contributed by atoms with Crippen molar-refractivity contribution in [3.63, 3.8) is 0 Å². The highest BCUT2D eigenvalue weighted by Crippen LogP contribution is 2.23. The highest BCUT2D eigenvalue weighted by atomic mass is 16.5. The van der Waals surface area contributed by atoms with E-state index in [-0.39, 0.29) is 5.97 Å². The Bertz CT molecular complexity index is 784. The molecule has 2 atom stereocenters. The van der Waals surface area contributed by atoms with E-state index in [2.05, 4.69) is 19.8 Å². The lowest BCUT2D eigenvalue weighted by Crippen LogP contribution is -2.43. The topological polar surface area (TPSA) is 67.8 Å². The summed E-state index contributed by atoms with van der Waals surface area (Å²) in [6.45, 7) is 6.28. The summed E-state index contributed by atoms with van der Waals surface area (Å²) in [6, 6.07) is 8.06. The van der Waals surface area contributed by atoms with Crippen LogP contribution in [-0.4, -0.2) is 71.7 Å². The van der Waals surface area contributed by atoms with Gasteiger partial charge in [-0.2, -0.15) is 0 Å². The van der Waals surface area contributed by atoms with Crippen molar-refractivity contribution in [2.75, 3.05) is 40.0 Å². The number of fused-ring (bicyclic) bond motifs is 3. The summed E-state index contributed by atoms with van der Waals surface area (Å²) in [5, 5.41) is 0. The molecule has 0 spiro atoms. The van der Waals surface area contributed by atoms with Gasteiger partial charge in [0.05, 0.1) is 25.9 Å². The Balaban J connectivity index is 1.43. The second kappa shape index (κ2) is 8.77. The fraction of sp³-hybridized carbons (Fsp3) is 0.476. The number of aromatic nitrogens is 2. The molecular formula is C21H26N4O3. The van der Waals surface area contributed by atoms with E-state index >= 15 is 0 Å². The van der Waals surface area contributed by atoms with Crippen LogP contribution in [0, 0.1) is 5.92 Å². The van der Waals surface area contributed by atoms with Crippen LogP contribution < -0.4 is 0 Å². The first-order valence-corrected chi connectivity index (χ1v) is 9.66. The van der Waals surface area contributed by atoms with Gasteiger partial charge in [0.2, 0.25) is 0 Å².